The van der Waals surface area contributed by atoms with E-state index in [4.69, 9.17) is 14.6 Å². The number of carboxylic acids is 1. The molecule has 3 rings (SSSR count). The molecule has 1 unspecified atom stereocenters. The molecule has 0 spiro atoms. The zero-order valence-electron chi connectivity index (χ0n) is 13.8. The summed E-state index contributed by atoms with van der Waals surface area (Å²) in [5.41, 5.74) is 0.951. The van der Waals surface area contributed by atoms with E-state index >= 15 is 0 Å². The number of benzene rings is 1. The molecule has 0 aliphatic carbocycles. The summed E-state index contributed by atoms with van der Waals surface area (Å²) in [5.74, 6) is -0.995. The quantitative estimate of drug-likeness (QED) is 0.875. The molecule has 1 atom stereocenters. The van der Waals surface area contributed by atoms with Gasteiger partial charge in [0.25, 0.3) is 5.91 Å². The zero-order valence-corrected chi connectivity index (χ0v) is 13.8. The van der Waals surface area contributed by atoms with E-state index < -0.39 is 12.0 Å². The Morgan fingerprint density at radius 2 is 2.12 bits per heavy atom. The molecular formula is C17H19N3O5. The lowest BCUT2D eigenvalue weighted by Gasteiger charge is -2.34. The number of carbonyl (C=O) groups excluding carboxylic acids is 1. The summed E-state index contributed by atoms with van der Waals surface area (Å²) in [5, 5.41) is 13.4. The van der Waals surface area contributed by atoms with Crippen molar-refractivity contribution in [2.75, 3.05) is 26.9 Å². The van der Waals surface area contributed by atoms with Crippen LogP contribution in [-0.4, -0.2) is 64.6 Å². The van der Waals surface area contributed by atoms with E-state index in [-0.39, 0.29) is 24.6 Å². The number of methoxy groups -OCH3 is 1. The van der Waals surface area contributed by atoms with Gasteiger partial charge < -0.3 is 19.5 Å². The van der Waals surface area contributed by atoms with Crippen LogP contribution < -0.4 is 4.74 Å². The Kier molecular flexibility index (Phi) is 4.99. The standard InChI is InChI=1S/C17H19N3O5/c1-24-14-10-20(12-5-3-2-4-6-12)18-16(14)17(23)19-7-8-25-11-13(19)9-15(21)22/h2-6,10,13H,7-9,11H2,1H3,(H,21,22). The van der Waals surface area contributed by atoms with Crippen LogP contribution in [0.25, 0.3) is 5.69 Å². The average molecular weight is 345 g/mol. The highest BCUT2D eigenvalue weighted by molar-refractivity contribution is 5.95. The number of amides is 1. The molecule has 1 saturated heterocycles. The third-order valence-corrected chi connectivity index (χ3v) is 4.02. The second-order valence-electron chi connectivity index (χ2n) is 5.65. The Labute approximate surface area is 144 Å². The lowest BCUT2D eigenvalue weighted by Crippen LogP contribution is -2.49. The number of aromatic nitrogens is 2. The first-order chi connectivity index (χ1) is 12.1. The van der Waals surface area contributed by atoms with E-state index in [2.05, 4.69) is 5.10 Å². The maximum absolute atomic E-state index is 12.9. The number of ether oxygens (including phenoxy) is 2. The summed E-state index contributed by atoms with van der Waals surface area (Å²) < 4.78 is 12.2. The van der Waals surface area contributed by atoms with Gasteiger partial charge in [-0.05, 0) is 12.1 Å². The molecule has 1 aromatic heterocycles. The largest absolute Gasteiger partial charge is 0.493 e. The molecule has 1 aliphatic rings. The third-order valence-electron chi connectivity index (χ3n) is 4.02. The van der Waals surface area contributed by atoms with Crippen LogP contribution in [0.5, 0.6) is 5.75 Å². The third kappa shape index (κ3) is 3.63. The summed E-state index contributed by atoms with van der Waals surface area (Å²) in [4.78, 5) is 25.5. The van der Waals surface area contributed by atoms with Crippen molar-refractivity contribution in [3.8, 4) is 11.4 Å². The lowest BCUT2D eigenvalue weighted by atomic mass is 10.1. The van der Waals surface area contributed by atoms with Gasteiger partial charge in [-0.3, -0.25) is 9.59 Å². The van der Waals surface area contributed by atoms with Crippen molar-refractivity contribution in [3.05, 3.63) is 42.2 Å². The highest BCUT2D eigenvalue weighted by Gasteiger charge is 2.33. The maximum atomic E-state index is 12.9. The molecule has 1 aliphatic heterocycles. The Balaban J connectivity index is 1.90. The summed E-state index contributed by atoms with van der Waals surface area (Å²) in [6, 6.07) is 8.84. The fourth-order valence-electron chi connectivity index (χ4n) is 2.80. The molecule has 1 aromatic carbocycles. The van der Waals surface area contributed by atoms with Crippen LogP contribution in [0.2, 0.25) is 0 Å². The molecule has 1 amide bonds. The van der Waals surface area contributed by atoms with Crippen molar-refractivity contribution in [2.24, 2.45) is 0 Å². The highest BCUT2D eigenvalue weighted by Crippen LogP contribution is 2.23. The van der Waals surface area contributed by atoms with Crippen LogP contribution in [-0.2, 0) is 9.53 Å². The summed E-state index contributed by atoms with van der Waals surface area (Å²) >= 11 is 0. The average Bonchev–Trinajstić information content (AvgIpc) is 3.06. The second-order valence-corrected chi connectivity index (χ2v) is 5.65. The summed E-state index contributed by atoms with van der Waals surface area (Å²) in [7, 11) is 1.47. The fraction of sp³-hybridized carbons (Fsp3) is 0.353. The molecule has 0 radical (unpaired) electrons. The van der Waals surface area contributed by atoms with Crippen LogP contribution in [0, 0.1) is 0 Å². The Morgan fingerprint density at radius 3 is 2.80 bits per heavy atom. The number of hydrogen-bond acceptors (Lipinski definition) is 5. The first-order valence-electron chi connectivity index (χ1n) is 7.89. The highest BCUT2D eigenvalue weighted by atomic mass is 16.5. The topological polar surface area (TPSA) is 93.9 Å². The van der Waals surface area contributed by atoms with E-state index in [1.165, 1.54) is 12.0 Å². The van der Waals surface area contributed by atoms with E-state index in [0.29, 0.717) is 18.9 Å². The summed E-state index contributed by atoms with van der Waals surface area (Å²) in [6.07, 6.45) is 1.46. The van der Waals surface area contributed by atoms with Crippen molar-refractivity contribution in [3.63, 3.8) is 0 Å². The predicted octanol–water partition coefficient (Wildman–Crippen LogP) is 1.20. The number of carbonyl (C=O) groups is 2. The minimum atomic E-state index is -0.977. The van der Waals surface area contributed by atoms with Crippen molar-refractivity contribution in [1.29, 1.82) is 0 Å². The van der Waals surface area contributed by atoms with Gasteiger partial charge in [0.05, 0.1) is 44.7 Å². The van der Waals surface area contributed by atoms with E-state index in [1.807, 2.05) is 30.3 Å². The number of carboxylic acid groups (broad SMARTS) is 1. The van der Waals surface area contributed by atoms with Crippen LogP contribution in [0.15, 0.2) is 36.5 Å². The minimum Gasteiger partial charge on any atom is -0.493 e. The number of rotatable bonds is 5. The number of nitrogens with zero attached hydrogens (tertiary/aromatic N) is 3. The number of morpholine rings is 1. The fourth-order valence-corrected chi connectivity index (χ4v) is 2.80. The first kappa shape index (κ1) is 17.0. The number of para-hydroxylation sites is 1. The Bertz CT molecular complexity index is 759. The molecule has 2 aromatic rings. The van der Waals surface area contributed by atoms with E-state index in [9.17, 15) is 9.59 Å². The van der Waals surface area contributed by atoms with Crippen LogP contribution in [0.3, 0.4) is 0 Å². The van der Waals surface area contributed by atoms with Crippen LogP contribution in [0.1, 0.15) is 16.9 Å². The molecule has 1 N–H and O–H groups in total. The molecule has 0 bridgehead atoms. The van der Waals surface area contributed by atoms with E-state index in [0.717, 1.165) is 5.69 Å². The molecule has 2 heterocycles. The SMILES string of the molecule is COc1cn(-c2ccccc2)nc1C(=O)N1CCOCC1CC(=O)O. The minimum absolute atomic E-state index is 0.156. The van der Waals surface area contributed by atoms with Gasteiger partial charge in [-0.15, -0.1) is 0 Å². The van der Waals surface area contributed by atoms with Gasteiger partial charge in [-0.2, -0.15) is 5.10 Å². The first-order valence-corrected chi connectivity index (χ1v) is 7.89. The number of hydrogen-bond donors (Lipinski definition) is 1. The van der Waals surface area contributed by atoms with Gasteiger partial charge in [0.1, 0.15) is 0 Å². The normalized spacial score (nSPS) is 17.3. The number of aliphatic carboxylic acids is 1. The Hall–Kier alpha value is -2.87. The van der Waals surface area contributed by atoms with Crippen LogP contribution in [0.4, 0.5) is 0 Å². The molecule has 0 saturated carbocycles. The predicted molar refractivity (Wildman–Crippen MR) is 88.0 cm³/mol. The lowest BCUT2D eigenvalue weighted by molar-refractivity contribution is -0.139. The molecular weight excluding hydrogens is 326 g/mol. The van der Waals surface area contributed by atoms with Crippen molar-refractivity contribution >= 4 is 11.9 Å². The Morgan fingerprint density at radius 1 is 1.36 bits per heavy atom. The van der Waals surface area contributed by atoms with Crippen molar-refractivity contribution in [2.45, 2.75) is 12.5 Å². The monoisotopic (exact) mass is 345 g/mol. The molecule has 8 nitrogen and oxygen atoms in total. The van der Waals surface area contributed by atoms with Gasteiger partial charge in [-0.25, -0.2) is 4.68 Å². The van der Waals surface area contributed by atoms with Crippen molar-refractivity contribution in [1.82, 2.24) is 14.7 Å². The van der Waals surface area contributed by atoms with Gasteiger partial charge in [0.15, 0.2) is 11.4 Å². The van der Waals surface area contributed by atoms with Gasteiger partial charge in [0.2, 0.25) is 0 Å². The van der Waals surface area contributed by atoms with Gasteiger partial charge in [-0.1, -0.05) is 18.2 Å². The molecule has 25 heavy (non-hydrogen) atoms. The molecule has 132 valence electrons. The smallest absolute Gasteiger partial charge is 0.305 e. The molecule has 1 fully saturated rings. The van der Waals surface area contributed by atoms with Crippen molar-refractivity contribution < 1.29 is 24.2 Å². The van der Waals surface area contributed by atoms with Crippen LogP contribution >= 0.6 is 0 Å². The summed E-state index contributed by atoms with van der Waals surface area (Å²) in [6.45, 7) is 0.876. The van der Waals surface area contributed by atoms with Gasteiger partial charge in [0, 0.05) is 6.54 Å². The van der Waals surface area contributed by atoms with E-state index in [1.54, 1.807) is 10.9 Å². The van der Waals surface area contributed by atoms with Gasteiger partial charge >= 0.3 is 5.97 Å². The second kappa shape index (κ2) is 7.35. The zero-order chi connectivity index (χ0) is 17.8. The maximum Gasteiger partial charge on any atom is 0.305 e. The molecule has 8 heteroatoms.